The maximum atomic E-state index is 6.25. The van der Waals surface area contributed by atoms with Crippen molar-refractivity contribution in [3.8, 4) is 78.7 Å². The maximum absolute atomic E-state index is 6.25. The van der Waals surface area contributed by atoms with Gasteiger partial charge in [-0.2, -0.15) is 0 Å². The fourth-order valence-corrected chi connectivity index (χ4v) is 10.4. The van der Waals surface area contributed by atoms with Gasteiger partial charge in [-0.15, -0.1) is 0 Å². The lowest BCUT2D eigenvalue weighted by atomic mass is 9.70. The van der Waals surface area contributed by atoms with Crippen LogP contribution in [0.15, 0.2) is 217 Å². The van der Waals surface area contributed by atoms with Gasteiger partial charge in [0, 0.05) is 27.5 Å². The van der Waals surface area contributed by atoms with Crippen molar-refractivity contribution in [2.24, 2.45) is 0 Å². The molecule has 9 aromatic carbocycles. The van der Waals surface area contributed by atoms with E-state index in [4.69, 9.17) is 19.4 Å². The minimum Gasteiger partial charge on any atom is -0.456 e. The molecule has 62 heavy (non-hydrogen) atoms. The molecule has 4 heteroatoms. The molecule has 2 heterocycles. The van der Waals surface area contributed by atoms with Gasteiger partial charge in [0.25, 0.3) is 0 Å². The lowest BCUT2D eigenvalue weighted by Crippen LogP contribution is -2.25. The van der Waals surface area contributed by atoms with Gasteiger partial charge in [0.1, 0.15) is 11.2 Å². The van der Waals surface area contributed by atoms with Gasteiger partial charge >= 0.3 is 0 Å². The summed E-state index contributed by atoms with van der Waals surface area (Å²) in [4.78, 5) is 15.2. The number of para-hydroxylation sites is 1. The number of furan rings is 1. The number of benzene rings is 9. The van der Waals surface area contributed by atoms with Crippen molar-refractivity contribution >= 4 is 21.9 Å². The molecule has 0 bridgehead atoms. The highest BCUT2D eigenvalue weighted by atomic mass is 16.3. The molecule has 2 aliphatic rings. The third-order valence-electron chi connectivity index (χ3n) is 13.0. The fourth-order valence-electron chi connectivity index (χ4n) is 10.4. The largest absolute Gasteiger partial charge is 0.456 e. The van der Waals surface area contributed by atoms with E-state index >= 15 is 0 Å². The van der Waals surface area contributed by atoms with Crippen LogP contribution in [0.3, 0.4) is 0 Å². The summed E-state index contributed by atoms with van der Waals surface area (Å²) in [5.74, 6) is 1.84. The number of hydrogen-bond donors (Lipinski definition) is 0. The predicted molar refractivity (Wildman–Crippen MR) is 251 cm³/mol. The van der Waals surface area contributed by atoms with Crippen molar-refractivity contribution < 1.29 is 4.42 Å². The summed E-state index contributed by atoms with van der Waals surface area (Å²) in [7, 11) is 0. The second-order valence-electron chi connectivity index (χ2n) is 16.2. The van der Waals surface area contributed by atoms with Gasteiger partial charge in [-0.1, -0.05) is 194 Å². The quantitative estimate of drug-likeness (QED) is 0.174. The van der Waals surface area contributed by atoms with E-state index in [-0.39, 0.29) is 5.41 Å². The Hall–Kier alpha value is -8.21. The van der Waals surface area contributed by atoms with Gasteiger partial charge in [-0.3, -0.25) is 0 Å². The van der Waals surface area contributed by atoms with Gasteiger partial charge in [-0.05, 0) is 85.0 Å². The number of nitrogens with zero attached hydrogens (tertiary/aromatic N) is 3. The second kappa shape index (κ2) is 13.4. The molecular formula is C58H35N3O. The van der Waals surface area contributed by atoms with Crippen LogP contribution in [0.4, 0.5) is 0 Å². The molecular weight excluding hydrogens is 755 g/mol. The molecule has 4 nitrogen and oxygen atoms in total. The number of rotatable bonds is 5. The van der Waals surface area contributed by atoms with Crippen LogP contribution in [0.25, 0.3) is 101 Å². The number of hydrogen-bond acceptors (Lipinski definition) is 4. The average molecular weight is 790 g/mol. The van der Waals surface area contributed by atoms with E-state index in [1.54, 1.807) is 0 Å². The standard InChI is InChI=1S/C58H35N3O/c1-2-15-37(16-3-1)55-59-56(61-57(60-55)46-24-14-30-52-54(46)45-22-7-11-29-51(45)62-52)38-33-31-36(32-34-38)39-17-12-18-40(35-39)41-23-13-28-50-53(41)44-21-6-10-27-49(44)58(50)47-25-8-4-19-42(47)43-20-5-9-26-48(43)58/h1-35H. The molecule has 0 N–H and O–H groups in total. The first-order valence-corrected chi connectivity index (χ1v) is 21.1. The van der Waals surface area contributed by atoms with Crippen LogP contribution >= 0.6 is 0 Å². The van der Waals surface area contributed by atoms with Crippen LogP contribution in [-0.4, -0.2) is 15.0 Å². The molecule has 288 valence electrons. The van der Waals surface area contributed by atoms with E-state index in [0.29, 0.717) is 17.5 Å². The molecule has 2 aromatic heterocycles. The van der Waals surface area contributed by atoms with Crippen molar-refractivity contribution in [2.45, 2.75) is 5.41 Å². The van der Waals surface area contributed by atoms with E-state index < -0.39 is 0 Å². The van der Waals surface area contributed by atoms with Gasteiger partial charge in [0.15, 0.2) is 17.5 Å². The molecule has 11 aromatic rings. The molecule has 0 saturated heterocycles. The summed E-state index contributed by atoms with van der Waals surface area (Å²) in [6, 6.07) is 75.7. The highest BCUT2D eigenvalue weighted by Gasteiger charge is 2.51. The number of fused-ring (bicyclic) bond motifs is 13. The van der Waals surface area contributed by atoms with Crippen molar-refractivity contribution in [1.82, 2.24) is 15.0 Å². The summed E-state index contributed by atoms with van der Waals surface area (Å²) in [5.41, 5.74) is 19.3. The Morgan fingerprint density at radius 2 is 0.790 bits per heavy atom. The van der Waals surface area contributed by atoms with Crippen LogP contribution < -0.4 is 0 Å². The minimum absolute atomic E-state index is 0.378. The zero-order valence-electron chi connectivity index (χ0n) is 33.5. The topological polar surface area (TPSA) is 51.8 Å². The molecule has 0 saturated carbocycles. The van der Waals surface area contributed by atoms with Crippen molar-refractivity contribution in [3.63, 3.8) is 0 Å². The van der Waals surface area contributed by atoms with E-state index in [0.717, 1.165) is 49.8 Å². The second-order valence-corrected chi connectivity index (χ2v) is 16.2. The van der Waals surface area contributed by atoms with E-state index in [1.807, 2.05) is 60.7 Å². The maximum Gasteiger partial charge on any atom is 0.164 e. The van der Waals surface area contributed by atoms with Crippen LogP contribution in [0, 0.1) is 0 Å². The Balaban J connectivity index is 0.915. The zero-order valence-corrected chi connectivity index (χ0v) is 33.5. The van der Waals surface area contributed by atoms with Crippen LogP contribution in [0.1, 0.15) is 22.3 Å². The minimum atomic E-state index is -0.378. The first-order chi connectivity index (χ1) is 30.7. The highest BCUT2D eigenvalue weighted by molar-refractivity contribution is 6.11. The Morgan fingerprint density at radius 1 is 0.306 bits per heavy atom. The fraction of sp³-hybridized carbons (Fsp3) is 0.0172. The SMILES string of the molecule is c1ccc(-c2nc(-c3ccc(-c4cccc(-c5cccc6c5-c5ccccc5C65c6ccccc6-c6ccccc65)c4)cc3)nc(-c3cccc4oc5ccccc5c34)n2)cc1. The smallest absolute Gasteiger partial charge is 0.164 e. The Morgan fingerprint density at radius 3 is 1.55 bits per heavy atom. The third kappa shape index (κ3) is 4.98. The lowest BCUT2D eigenvalue weighted by Gasteiger charge is -2.30. The van der Waals surface area contributed by atoms with E-state index in [2.05, 4.69) is 152 Å². The van der Waals surface area contributed by atoms with Gasteiger partial charge < -0.3 is 4.42 Å². The zero-order chi connectivity index (χ0) is 40.8. The number of aromatic nitrogens is 3. The monoisotopic (exact) mass is 789 g/mol. The Labute approximate surface area is 358 Å². The normalized spacial score (nSPS) is 13.0. The van der Waals surface area contributed by atoms with Gasteiger partial charge in [0.2, 0.25) is 0 Å². The molecule has 0 atom stereocenters. The van der Waals surface area contributed by atoms with E-state index in [1.165, 1.54) is 55.6 Å². The van der Waals surface area contributed by atoms with Crippen LogP contribution in [0.5, 0.6) is 0 Å². The van der Waals surface area contributed by atoms with Crippen molar-refractivity contribution in [3.05, 3.63) is 235 Å². The Kier molecular flexibility index (Phi) is 7.49. The predicted octanol–water partition coefficient (Wildman–Crippen LogP) is 14.4. The summed E-state index contributed by atoms with van der Waals surface area (Å²) < 4.78 is 6.25. The molecule has 1 spiro atoms. The molecule has 0 fully saturated rings. The summed E-state index contributed by atoms with van der Waals surface area (Å²) >= 11 is 0. The highest BCUT2D eigenvalue weighted by Crippen LogP contribution is 2.64. The van der Waals surface area contributed by atoms with Crippen molar-refractivity contribution in [1.29, 1.82) is 0 Å². The summed E-state index contributed by atoms with van der Waals surface area (Å²) in [5, 5.41) is 2.03. The first-order valence-electron chi connectivity index (χ1n) is 21.1. The van der Waals surface area contributed by atoms with Gasteiger partial charge in [-0.25, -0.2) is 15.0 Å². The van der Waals surface area contributed by atoms with Crippen molar-refractivity contribution in [2.75, 3.05) is 0 Å². The van der Waals surface area contributed by atoms with Crippen LogP contribution in [-0.2, 0) is 5.41 Å². The van der Waals surface area contributed by atoms with Crippen LogP contribution in [0.2, 0.25) is 0 Å². The molecule has 0 amide bonds. The first kappa shape index (κ1) is 34.6. The molecule has 0 unspecified atom stereocenters. The average Bonchev–Trinajstić information content (AvgIpc) is 3.99. The molecule has 0 aliphatic heterocycles. The molecule has 13 rings (SSSR count). The lowest BCUT2D eigenvalue weighted by molar-refractivity contribution is 0.669. The third-order valence-corrected chi connectivity index (χ3v) is 13.0. The van der Waals surface area contributed by atoms with Gasteiger partial charge in [0.05, 0.1) is 5.41 Å². The Bertz CT molecular complexity index is 3540. The molecule has 2 aliphatic carbocycles. The molecule has 0 radical (unpaired) electrons. The summed E-state index contributed by atoms with van der Waals surface area (Å²) in [6.07, 6.45) is 0. The van der Waals surface area contributed by atoms with E-state index in [9.17, 15) is 0 Å². The summed E-state index contributed by atoms with van der Waals surface area (Å²) in [6.45, 7) is 0.